The molecule has 0 unspecified atom stereocenters. The molecule has 1 saturated carbocycles. The van der Waals surface area contributed by atoms with Crippen LogP contribution in [0.15, 0.2) is 0 Å². The first kappa shape index (κ1) is 10.6. The molecule has 0 aliphatic heterocycles. The van der Waals surface area contributed by atoms with Crippen molar-refractivity contribution in [2.45, 2.75) is 57.8 Å². The molecule has 76 valence electrons. The summed E-state index contributed by atoms with van der Waals surface area (Å²) in [4.78, 5) is 11.0. The molecule has 0 aromatic carbocycles. The van der Waals surface area contributed by atoms with Crippen molar-refractivity contribution in [1.29, 1.82) is 0 Å². The van der Waals surface area contributed by atoms with E-state index in [0.29, 0.717) is 0 Å². The van der Waals surface area contributed by atoms with Gasteiger partial charge >= 0.3 is 0 Å². The van der Waals surface area contributed by atoms with Gasteiger partial charge in [0.1, 0.15) is 0 Å². The summed E-state index contributed by atoms with van der Waals surface area (Å²) in [7, 11) is 0. The molecule has 2 heteroatoms. The second-order valence-electron chi connectivity index (χ2n) is 4.15. The van der Waals surface area contributed by atoms with E-state index in [1.807, 2.05) is 0 Å². The standard InChI is InChI=1S/C11H21NO/c12-11(13)10-8-6-4-2-1-3-5-7-9-10/h10H,1-9H2,(H2,12,13). The smallest absolute Gasteiger partial charge is 0.220 e. The van der Waals surface area contributed by atoms with Gasteiger partial charge in [0.15, 0.2) is 0 Å². The van der Waals surface area contributed by atoms with Crippen molar-refractivity contribution in [2.24, 2.45) is 11.7 Å². The van der Waals surface area contributed by atoms with E-state index in [0.717, 1.165) is 12.8 Å². The van der Waals surface area contributed by atoms with E-state index in [9.17, 15) is 4.79 Å². The highest BCUT2D eigenvalue weighted by molar-refractivity contribution is 5.76. The molecule has 1 amide bonds. The maximum atomic E-state index is 11.0. The number of carbonyl (C=O) groups excluding carboxylic acids is 1. The SMILES string of the molecule is NC(=O)C1CCCCCCCCC1. The highest BCUT2D eigenvalue weighted by atomic mass is 16.1. The lowest BCUT2D eigenvalue weighted by Gasteiger charge is -2.14. The minimum atomic E-state index is -0.0828. The number of amides is 1. The summed E-state index contributed by atoms with van der Waals surface area (Å²) in [6, 6.07) is 0. The molecule has 1 aliphatic carbocycles. The molecule has 0 saturated heterocycles. The zero-order valence-corrected chi connectivity index (χ0v) is 8.43. The summed E-state index contributed by atoms with van der Waals surface area (Å²) in [5, 5.41) is 0. The number of hydrogen-bond acceptors (Lipinski definition) is 1. The van der Waals surface area contributed by atoms with Gasteiger partial charge in [-0.2, -0.15) is 0 Å². The first-order chi connectivity index (χ1) is 6.30. The Bertz CT molecular complexity index is 146. The van der Waals surface area contributed by atoms with Crippen LogP contribution in [-0.4, -0.2) is 5.91 Å². The first-order valence-electron chi connectivity index (χ1n) is 5.60. The van der Waals surface area contributed by atoms with Gasteiger partial charge in [-0.1, -0.05) is 44.9 Å². The van der Waals surface area contributed by atoms with E-state index in [1.165, 1.54) is 44.9 Å². The maximum absolute atomic E-state index is 11.0. The Morgan fingerprint density at radius 2 is 1.23 bits per heavy atom. The van der Waals surface area contributed by atoms with Crippen molar-refractivity contribution in [2.75, 3.05) is 0 Å². The van der Waals surface area contributed by atoms with Crippen LogP contribution in [0.3, 0.4) is 0 Å². The number of rotatable bonds is 1. The van der Waals surface area contributed by atoms with Crippen molar-refractivity contribution >= 4 is 5.91 Å². The van der Waals surface area contributed by atoms with Crippen LogP contribution >= 0.6 is 0 Å². The number of hydrogen-bond donors (Lipinski definition) is 1. The Kier molecular flexibility index (Phi) is 4.87. The Balaban J connectivity index is 2.30. The third kappa shape index (κ3) is 4.30. The zero-order chi connectivity index (χ0) is 9.52. The molecule has 13 heavy (non-hydrogen) atoms. The van der Waals surface area contributed by atoms with Crippen molar-refractivity contribution in [3.8, 4) is 0 Å². The monoisotopic (exact) mass is 183 g/mol. The van der Waals surface area contributed by atoms with Gasteiger partial charge in [0.05, 0.1) is 0 Å². The van der Waals surface area contributed by atoms with E-state index < -0.39 is 0 Å². The van der Waals surface area contributed by atoms with Gasteiger partial charge in [-0.25, -0.2) is 0 Å². The quantitative estimate of drug-likeness (QED) is 0.667. The van der Waals surface area contributed by atoms with E-state index in [2.05, 4.69) is 0 Å². The maximum Gasteiger partial charge on any atom is 0.220 e. The first-order valence-corrected chi connectivity index (χ1v) is 5.60. The lowest BCUT2D eigenvalue weighted by atomic mass is 9.92. The Morgan fingerprint density at radius 3 is 1.62 bits per heavy atom. The van der Waals surface area contributed by atoms with Crippen LogP contribution in [0.4, 0.5) is 0 Å². The van der Waals surface area contributed by atoms with Crippen LogP contribution in [0.5, 0.6) is 0 Å². The van der Waals surface area contributed by atoms with E-state index >= 15 is 0 Å². The van der Waals surface area contributed by atoms with Crippen molar-refractivity contribution < 1.29 is 4.79 Å². The average molecular weight is 183 g/mol. The van der Waals surface area contributed by atoms with Crippen LogP contribution in [0.25, 0.3) is 0 Å². The summed E-state index contributed by atoms with van der Waals surface area (Å²) in [5.41, 5.74) is 5.34. The van der Waals surface area contributed by atoms with E-state index in [-0.39, 0.29) is 11.8 Å². The third-order valence-corrected chi connectivity index (χ3v) is 3.01. The topological polar surface area (TPSA) is 43.1 Å². The molecular weight excluding hydrogens is 162 g/mol. The molecular formula is C11H21NO. The summed E-state index contributed by atoms with van der Waals surface area (Å²) in [6.45, 7) is 0. The molecule has 1 rings (SSSR count). The minimum Gasteiger partial charge on any atom is -0.369 e. The third-order valence-electron chi connectivity index (χ3n) is 3.01. The Labute approximate surface area is 80.9 Å². The number of nitrogens with two attached hydrogens (primary N) is 1. The fourth-order valence-electron chi connectivity index (χ4n) is 2.09. The normalized spacial score (nSPS) is 22.5. The predicted molar refractivity (Wildman–Crippen MR) is 54.2 cm³/mol. The molecule has 0 bridgehead atoms. The number of carbonyl (C=O) groups is 1. The predicted octanol–water partition coefficient (Wildman–Crippen LogP) is 2.61. The summed E-state index contributed by atoms with van der Waals surface area (Å²) in [5.74, 6) is 0.0821. The molecule has 0 heterocycles. The highest BCUT2D eigenvalue weighted by Gasteiger charge is 2.14. The molecule has 1 aliphatic rings. The second kappa shape index (κ2) is 6.01. The molecule has 2 N–H and O–H groups in total. The van der Waals surface area contributed by atoms with Crippen molar-refractivity contribution in [1.82, 2.24) is 0 Å². The lowest BCUT2D eigenvalue weighted by Crippen LogP contribution is -2.23. The summed E-state index contributed by atoms with van der Waals surface area (Å²) >= 11 is 0. The van der Waals surface area contributed by atoms with Gasteiger partial charge < -0.3 is 5.73 Å². The van der Waals surface area contributed by atoms with E-state index in [4.69, 9.17) is 5.73 Å². The molecule has 0 aromatic heterocycles. The largest absolute Gasteiger partial charge is 0.369 e. The lowest BCUT2D eigenvalue weighted by molar-refractivity contribution is -0.122. The fraction of sp³-hybridized carbons (Fsp3) is 0.909. The average Bonchev–Trinajstić information content (AvgIpc) is 2.14. The van der Waals surface area contributed by atoms with Crippen molar-refractivity contribution in [3.63, 3.8) is 0 Å². The van der Waals surface area contributed by atoms with Gasteiger partial charge in [0, 0.05) is 5.92 Å². The van der Waals surface area contributed by atoms with Gasteiger partial charge in [-0.3, -0.25) is 4.79 Å². The molecule has 0 aromatic rings. The van der Waals surface area contributed by atoms with Gasteiger partial charge in [0.25, 0.3) is 0 Å². The summed E-state index contributed by atoms with van der Waals surface area (Å²) in [6.07, 6.45) is 11.0. The Morgan fingerprint density at radius 1 is 0.846 bits per heavy atom. The summed E-state index contributed by atoms with van der Waals surface area (Å²) < 4.78 is 0. The van der Waals surface area contributed by atoms with Crippen LogP contribution in [0.2, 0.25) is 0 Å². The van der Waals surface area contributed by atoms with Crippen LogP contribution in [0, 0.1) is 5.92 Å². The van der Waals surface area contributed by atoms with Gasteiger partial charge in [-0.05, 0) is 12.8 Å². The Hall–Kier alpha value is -0.530. The molecule has 1 fully saturated rings. The molecule has 0 atom stereocenters. The fourth-order valence-corrected chi connectivity index (χ4v) is 2.09. The highest BCUT2D eigenvalue weighted by Crippen LogP contribution is 2.20. The zero-order valence-electron chi connectivity index (χ0n) is 8.43. The van der Waals surface area contributed by atoms with E-state index in [1.54, 1.807) is 0 Å². The minimum absolute atomic E-state index is 0.0828. The van der Waals surface area contributed by atoms with Gasteiger partial charge in [-0.15, -0.1) is 0 Å². The second-order valence-corrected chi connectivity index (χ2v) is 4.15. The van der Waals surface area contributed by atoms with Gasteiger partial charge in [0.2, 0.25) is 5.91 Å². The van der Waals surface area contributed by atoms with Crippen LogP contribution in [-0.2, 0) is 4.79 Å². The van der Waals surface area contributed by atoms with Crippen LogP contribution < -0.4 is 5.73 Å². The molecule has 0 spiro atoms. The number of primary amides is 1. The molecule has 0 radical (unpaired) electrons. The van der Waals surface area contributed by atoms with Crippen LogP contribution in [0.1, 0.15) is 57.8 Å². The van der Waals surface area contributed by atoms with Crippen molar-refractivity contribution in [3.05, 3.63) is 0 Å². The molecule has 2 nitrogen and oxygen atoms in total.